The van der Waals surface area contributed by atoms with E-state index in [4.69, 9.17) is 14.2 Å². The highest BCUT2D eigenvalue weighted by atomic mass is 16.5. The minimum atomic E-state index is 0.0860. The molecule has 2 aromatic rings. The van der Waals surface area contributed by atoms with Crippen LogP contribution in [0, 0.1) is 0 Å². The molecule has 2 N–H and O–H groups in total. The quantitative estimate of drug-likeness (QED) is 0.785. The fraction of sp³-hybridized carbons (Fsp3) is 0.364. The molecule has 27 heavy (non-hydrogen) atoms. The molecule has 1 aliphatic heterocycles. The summed E-state index contributed by atoms with van der Waals surface area (Å²) in [5.74, 6) is 2.35. The summed E-state index contributed by atoms with van der Waals surface area (Å²) in [4.78, 5) is 0. The zero-order valence-corrected chi connectivity index (χ0v) is 16.2. The van der Waals surface area contributed by atoms with E-state index in [1.54, 1.807) is 14.2 Å². The van der Waals surface area contributed by atoms with E-state index in [2.05, 4.69) is 24.1 Å². The van der Waals surface area contributed by atoms with Gasteiger partial charge in [-0.2, -0.15) is 0 Å². The van der Waals surface area contributed by atoms with E-state index in [9.17, 15) is 0 Å². The van der Waals surface area contributed by atoms with Crippen molar-refractivity contribution in [1.29, 1.82) is 0 Å². The van der Waals surface area contributed by atoms with E-state index in [0.29, 0.717) is 6.04 Å². The number of hydrogen-bond donors (Lipinski definition) is 2. The van der Waals surface area contributed by atoms with Gasteiger partial charge in [0.05, 0.1) is 20.3 Å². The molecule has 0 bridgehead atoms. The Bertz CT molecular complexity index is 768. The third-order valence-electron chi connectivity index (χ3n) is 4.89. The number of ether oxygens (including phenoxy) is 3. The molecule has 2 aromatic carbocycles. The van der Waals surface area contributed by atoms with E-state index >= 15 is 0 Å². The van der Waals surface area contributed by atoms with Crippen molar-refractivity contribution < 1.29 is 14.2 Å². The zero-order chi connectivity index (χ0) is 19.2. The Morgan fingerprint density at radius 2 is 1.85 bits per heavy atom. The van der Waals surface area contributed by atoms with Crippen LogP contribution in [0.3, 0.4) is 0 Å². The van der Waals surface area contributed by atoms with Gasteiger partial charge in [-0.15, -0.1) is 0 Å². The molecule has 1 fully saturated rings. The molecule has 0 saturated carbocycles. The number of nitrogens with one attached hydrogen (secondary N) is 2. The van der Waals surface area contributed by atoms with Crippen molar-refractivity contribution in [3.8, 4) is 28.4 Å². The Hall–Kier alpha value is -2.50. The summed E-state index contributed by atoms with van der Waals surface area (Å²) < 4.78 is 17.1. The van der Waals surface area contributed by atoms with Crippen molar-refractivity contribution >= 4 is 6.08 Å². The van der Waals surface area contributed by atoms with E-state index < -0.39 is 0 Å². The largest absolute Gasteiger partial charge is 0.497 e. The van der Waals surface area contributed by atoms with Gasteiger partial charge < -0.3 is 24.8 Å². The number of methoxy groups -OCH3 is 2. The number of benzene rings is 2. The summed E-state index contributed by atoms with van der Waals surface area (Å²) in [7, 11) is 3.31. The second kappa shape index (κ2) is 8.93. The predicted molar refractivity (Wildman–Crippen MR) is 110 cm³/mol. The highest BCUT2D eigenvalue weighted by Gasteiger charge is 2.20. The highest BCUT2D eigenvalue weighted by molar-refractivity contribution is 5.81. The minimum Gasteiger partial charge on any atom is -0.497 e. The first kappa shape index (κ1) is 19.3. The summed E-state index contributed by atoms with van der Waals surface area (Å²) >= 11 is 0. The van der Waals surface area contributed by atoms with Gasteiger partial charge in [-0.25, -0.2) is 0 Å². The highest BCUT2D eigenvalue weighted by Crippen LogP contribution is 2.38. The lowest BCUT2D eigenvalue weighted by Crippen LogP contribution is -2.54. The van der Waals surface area contributed by atoms with E-state index in [1.807, 2.05) is 42.5 Å². The van der Waals surface area contributed by atoms with Gasteiger partial charge in [-0.1, -0.05) is 24.8 Å². The zero-order valence-electron chi connectivity index (χ0n) is 16.2. The van der Waals surface area contributed by atoms with Crippen molar-refractivity contribution in [3.05, 3.63) is 48.5 Å². The van der Waals surface area contributed by atoms with E-state index in [1.165, 1.54) is 0 Å². The summed E-state index contributed by atoms with van der Waals surface area (Å²) in [6, 6.07) is 12.2. The smallest absolute Gasteiger partial charge is 0.130 e. The average Bonchev–Trinajstić information content (AvgIpc) is 2.73. The summed E-state index contributed by atoms with van der Waals surface area (Å²) in [5, 5.41) is 6.88. The summed E-state index contributed by atoms with van der Waals surface area (Å²) in [6.07, 6.45) is 1.90. The lowest BCUT2D eigenvalue weighted by Gasteiger charge is -2.30. The molecule has 3 rings (SSSR count). The first-order valence-electron chi connectivity index (χ1n) is 9.26. The normalized spacial score (nSPS) is 17.8. The predicted octanol–water partition coefficient (Wildman–Crippen LogP) is 3.34. The van der Waals surface area contributed by atoms with Crippen molar-refractivity contribution in [1.82, 2.24) is 10.6 Å². The molecule has 5 heteroatoms. The minimum absolute atomic E-state index is 0.0860. The van der Waals surface area contributed by atoms with Crippen molar-refractivity contribution in [2.45, 2.75) is 19.1 Å². The van der Waals surface area contributed by atoms with Crippen LogP contribution in [0.4, 0.5) is 0 Å². The maximum atomic E-state index is 6.12. The molecule has 1 saturated heterocycles. The van der Waals surface area contributed by atoms with Crippen LogP contribution in [0.5, 0.6) is 17.2 Å². The topological polar surface area (TPSA) is 51.8 Å². The van der Waals surface area contributed by atoms with Crippen molar-refractivity contribution in [3.63, 3.8) is 0 Å². The van der Waals surface area contributed by atoms with Crippen LogP contribution in [-0.2, 0) is 0 Å². The average molecular weight is 368 g/mol. The Morgan fingerprint density at radius 1 is 1.07 bits per heavy atom. The van der Waals surface area contributed by atoms with Crippen molar-refractivity contribution in [2.75, 3.05) is 33.9 Å². The molecule has 0 spiro atoms. The Morgan fingerprint density at radius 3 is 2.44 bits per heavy atom. The third-order valence-corrected chi connectivity index (χ3v) is 4.89. The van der Waals surface area contributed by atoms with Gasteiger partial charge in [0, 0.05) is 31.3 Å². The lowest BCUT2D eigenvalue weighted by molar-refractivity contribution is 0.159. The molecule has 1 aliphatic rings. The van der Waals surface area contributed by atoms with Crippen LogP contribution in [-0.4, -0.2) is 46.0 Å². The molecule has 144 valence electrons. The molecular formula is C22H28N2O3. The van der Waals surface area contributed by atoms with Crippen LogP contribution in [0.15, 0.2) is 43.0 Å². The first-order chi connectivity index (χ1) is 13.2. The molecule has 2 unspecified atom stereocenters. The molecule has 2 atom stereocenters. The van der Waals surface area contributed by atoms with Gasteiger partial charge in [0.15, 0.2) is 0 Å². The second-order valence-corrected chi connectivity index (χ2v) is 6.61. The summed E-state index contributed by atoms with van der Waals surface area (Å²) in [5.41, 5.74) is 3.00. The molecule has 1 heterocycles. The van der Waals surface area contributed by atoms with E-state index in [0.717, 1.165) is 53.6 Å². The molecular weight excluding hydrogens is 340 g/mol. The molecule has 0 amide bonds. The molecule has 5 nitrogen and oxygen atoms in total. The lowest BCUT2D eigenvalue weighted by atomic mass is 9.98. The maximum absolute atomic E-state index is 6.12. The van der Waals surface area contributed by atoms with Crippen LogP contribution >= 0.6 is 0 Å². The van der Waals surface area contributed by atoms with Crippen molar-refractivity contribution in [2.24, 2.45) is 0 Å². The first-order valence-corrected chi connectivity index (χ1v) is 9.26. The molecule has 0 aromatic heterocycles. The molecule has 0 aliphatic carbocycles. The maximum Gasteiger partial charge on any atom is 0.130 e. The van der Waals surface area contributed by atoms with Gasteiger partial charge in [0.1, 0.15) is 23.4 Å². The monoisotopic (exact) mass is 368 g/mol. The third kappa shape index (κ3) is 4.43. The second-order valence-electron chi connectivity index (χ2n) is 6.61. The Labute approximate surface area is 161 Å². The fourth-order valence-corrected chi connectivity index (χ4v) is 3.36. The number of piperazine rings is 1. The number of hydrogen-bond acceptors (Lipinski definition) is 5. The standard InChI is InChI=1S/C22H28N2O3/c1-5-16-12-19(25-3)13-21(26-4)22(16)17-6-8-18(9-7-17)27-15(2)20-14-23-10-11-24-20/h5-9,12-13,15,20,23-24H,1,10-11,14H2,2-4H3. The van der Waals surface area contributed by atoms with Crippen LogP contribution in [0.25, 0.3) is 17.2 Å². The molecule has 0 radical (unpaired) electrons. The van der Waals surface area contributed by atoms with Crippen LogP contribution < -0.4 is 24.8 Å². The van der Waals surface area contributed by atoms with Crippen LogP contribution in [0.2, 0.25) is 0 Å². The Kier molecular flexibility index (Phi) is 6.37. The SMILES string of the molecule is C=Cc1cc(OC)cc(OC)c1-c1ccc(OC(C)C2CNCCN2)cc1. The van der Waals surface area contributed by atoms with Gasteiger partial charge in [0.25, 0.3) is 0 Å². The van der Waals surface area contributed by atoms with Gasteiger partial charge >= 0.3 is 0 Å². The fourth-order valence-electron chi connectivity index (χ4n) is 3.36. The van der Waals surface area contributed by atoms with Crippen LogP contribution in [0.1, 0.15) is 12.5 Å². The van der Waals surface area contributed by atoms with Gasteiger partial charge in [0.2, 0.25) is 0 Å². The van der Waals surface area contributed by atoms with Gasteiger partial charge in [-0.05, 0) is 36.2 Å². The number of rotatable bonds is 7. The summed E-state index contributed by atoms with van der Waals surface area (Å²) in [6.45, 7) is 8.93. The van der Waals surface area contributed by atoms with E-state index in [-0.39, 0.29) is 6.10 Å². The Balaban J connectivity index is 1.82. The van der Waals surface area contributed by atoms with Gasteiger partial charge in [-0.3, -0.25) is 0 Å².